The standard InChI is InChI=1S/C23H23N3O/c1-18(27)19-7-5-8-20(17-19)23-22(11-6-12-24-23)26-15-13-25(14-16-26)21-9-3-2-4-10-21/h2-12,17H,13-16H2,1H3. The molecule has 0 unspecified atom stereocenters. The maximum atomic E-state index is 11.8. The van der Waals surface area contributed by atoms with Crippen LogP contribution in [0.3, 0.4) is 0 Å². The Bertz CT molecular complexity index is 931. The minimum absolute atomic E-state index is 0.0748. The van der Waals surface area contributed by atoms with Gasteiger partial charge in [0.15, 0.2) is 5.78 Å². The van der Waals surface area contributed by atoms with E-state index >= 15 is 0 Å². The molecule has 1 aliphatic heterocycles. The van der Waals surface area contributed by atoms with Crippen molar-refractivity contribution in [2.24, 2.45) is 0 Å². The lowest BCUT2D eigenvalue weighted by Crippen LogP contribution is -2.46. The van der Waals surface area contributed by atoms with Crippen LogP contribution < -0.4 is 9.80 Å². The topological polar surface area (TPSA) is 36.4 Å². The molecule has 0 radical (unpaired) electrons. The highest BCUT2D eigenvalue weighted by Gasteiger charge is 2.20. The van der Waals surface area contributed by atoms with Crippen LogP contribution in [0.25, 0.3) is 11.3 Å². The van der Waals surface area contributed by atoms with E-state index in [1.54, 1.807) is 6.92 Å². The van der Waals surface area contributed by atoms with Gasteiger partial charge in [-0.1, -0.05) is 36.4 Å². The zero-order chi connectivity index (χ0) is 18.6. The fourth-order valence-electron chi connectivity index (χ4n) is 3.60. The van der Waals surface area contributed by atoms with Gasteiger partial charge in [-0.15, -0.1) is 0 Å². The number of para-hydroxylation sites is 1. The Balaban J connectivity index is 1.57. The van der Waals surface area contributed by atoms with Crippen LogP contribution in [0.15, 0.2) is 72.9 Å². The number of anilines is 2. The highest BCUT2D eigenvalue weighted by atomic mass is 16.1. The number of piperazine rings is 1. The molecule has 1 fully saturated rings. The zero-order valence-corrected chi connectivity index (χ0v) is 15.5. The molecule has 0 saturated carbocycles. The molecule has 0 bridgehead atoms. The van der Waals surface area contributed by atoms with Gasteiger partial charge in [0.25, 0.3) is 0 Å². The summed E-state index contributed by atoms with van der Waals surface area (Å²) >= 11 is 0. The first kappa shape index (κ1) is 17.3. The summed E-state index contributed by atoms with van der Waals surface area (Å²) in [5.41, 5.74) is 5.05. The lowest BCUT2D eigenvalue weighted by molar-refractivity contribution is 0.101. The number of carbonyl (C=O) groups excluding carboxylic acids is 1. The Morgan fingerprint density at radius 1 is 0.852 bits per heavy atom. The third-order valence-electron chi connectivity index (χ3n) is 5.07. The number of benzene rings is 2. The van der Waals surface area contributed by atoms with Gasteiger partial charge in [-0.3, -0.25) is 9.78 Å². The minimum Gasteiger partial charge on any atom is -0.368 e. The average molecular weight is 357 g/mol. The van der Waals surface area contributed by atoms with Gasteiger partial charge in [0, 0.05) is 49.2 Å². The number of carbonyl (C=O) groups is 1. The summed E-state index contributed by atoms with van der Waals surface area (Å²) in [5, 5.41) is 0. The maximum Gasteiger partial charge on any atom is 0.159 e. The quantitative estimate of drug-likeness (QED) is 0.653. The van der Waals surface area contributed by atoms with E-state index in [1.807, 2.05) is 36.5 Å². The van der Waals surface area contributed by atoms with Gasteiger partial charge in [0.05, 0.1) is 11.4 Å². The van der Waals surface area contributed by atoms with Crippen molar-refractivity contribution < 1.29 is 4.79 Å². The minimum atomic E-state index is 0.0748. The maximum absolute atomic E-state index is 11.8. The summed E-state index contributed by atoms with van der Waals surface area (Å²) in [6.45, 7) is 5.44. The van der Waals surface area contributed by atoms with Crippen LogP contribution in [0.1, 0.15) is 17.3 Å². The van der Waals surface area contributed by atoms with Crippen molar-refractivity contribution in [1.29, 1.82) is 0 Å². The van der Waals surface area contributed by atoms with Gasteiger partial charge >= 0.3 is 0 Å². The number of nitrogens with zero attached hydrogens (tertiary/aromatic N) is 3. The molecule has 2 aromatic carbocycles. The molecule has 1 aliphatic rings. The number of aromatic nitrogens is 1. The van der Waals surface area contributed by atoms with Crippen molar-refractivity contribution in [3.8, 4) is 11.3 Å². The van der Waals surface area contributed by atoms with Crippen LogP contribution in [0.5, 0.6) is 0 Å². The fourth-order valence-corrected chi connectivity index (χ4v) is 3.60. The van der Waals surface area contributed by atoms with Crippen molar-refractivity contribution >= 4 is 17.2 Å². The van der Waals surface area contributed by atoms with E-state index in [0.29, 0.717) is 0 Å². The van der Waals surface area contributed by atoms with Crippen LogP contribution >= 0.6 is 0 Å². The molecule has 2 heterocycles. The highest BCUT2D eigenvalue weighted by molar-refractivity contribution is 5.95. The average Bonchev–Trinajstić information content (AvgIpc) is 2.74. The third kappa shape index (κ3) is 3.70. The van der Waals surface area contributed by atoms with Crippen LogP contribution in [-0.2, 0) is 0 Å². The van der Waals surface area contributed by atoms with Gasteiger partial charge in [0.2, 0.25) is 0 Å². The Labute approximate surface area is 160 Å². The fraction of sp³-hybridized carbons (Fsp3) is 0.217. The first-order valence-electron chi connectivity index (χ1n) is 9.34. The summed E-state index contributed by atoms with van der Waals surface area (Å²) in [7, 11) is 0. The number of Topliss-reactive ketones (excluding diaryl/α,β-unsaturated/α-hetero) is 1. The first-order chi connectivity index (χ1) is 13.2. The second-order valence-corrected chi connectivity index (χ2v) is 6.82. The zero-order valence-electron chi connectivity index (χ0n) is 15.5. The molecule has 0 amide bonds. The molecule has 1 saturated heterocycles. The molecule has 4 heteroatoms. The normalized spacial score (nSPS) is 14.3. The van der Waals surface area contributed by atoms with Crippen molar-refractivity contribution in [1.82, 2.24) is 4.98 Å². The molecule has 136 valence electrons. The summed E-state index contributed by atoms with van der Waals surface area (Å²) in [4.78, 5) is 21.2. The Morgan fingerprint density at radius 2 is 1.59 bits per heavy atom. The monoisotopic (exact) mass is 357 g/mol. The number of hydrogen-bond acceptors (Lipinski definition) is 4. The molecule has 4 nitrogen and oxygen atoms in total. The smallest absolute Gasteiger partial charge is 0.159 e. The largest absolute Gasteiger partial charge is 0.368 e. The van der Waals surface area contributed by atoms with E-state index in [4.69, 9.17) is 0 Å². The number of rotatable bonds is 4. The van der Waals surface area contributed by atoms with E-state index < -0.39 is 0 Å². The number of ketones is 1. The molecule has 3 aromatic rings. The van der Waals surface area contributed by atoms with Gasteiger partial charge < -0.3 is 9.80 Å². The molecule has 0 N–H and O–H groups in total. The number of hydrogen-bond donors (Lipinski definition) is 0. The summed E-state index contributed by atoms with van der Waals surface area (Å²) < 4.78 is 0. The summed E-state index contributed by atoms with van der Waals surface area (Å²) in [6.07, 6.45) is 1.82. The predicted molar refractivity (Wildman–Crippen MR) is 111 cm³/mol. The van der Waals surface area contributed by atoms with Gasteiger partial charge in [-0.2, -0.15) is 0 Å². The van der Waals surface area contributed by atoms with Crippen LogP contribution in [0, 0.1) is 0 Å². The molecule has 0 aliphatic carbocycles. The number of pyridine rings is 1. The van der Waals surface area contributed by atoms with Crippen LogP contribution in [0.2, 0.25) is 0 Å². The molecule has 27 heavy (non-hydrogen) atoms. The molecule has 4 rings (SSSR count). The van der Waals surface area contributed by atoms with Crippen LogP contribution in [-0.4, -0.2) is 36.9 Å². The van der Waals surface area contributed by atoms with Crippen LogP contribution in [0.4, 0.5) is 11.4 Å². The van der Waals surface area contributed by atoms with Crippen molar-refractivity contribution in [3.63, 3.8) is 0 Å². The second kappa shape index (κ2) is 7.62. The molecule has 0 atom stereocenters. The van der Waals surface area contributed by atoms with E-state index in [1.165, 1.54) is 5.69 Å². The van der Waals surface area contributed by atoms with Gasteiger partial charge in [-0.25, -0.2) is 0 Å². The Kier molecular flexibility index (Phi) is 4.88. The molecular weight excluding hydrogens is 334 g/mol. The SMILES string of the molecule is CC(=O)c1cccc(-c2ncccc2N2CCN(c3ccccc3)CC2)c1. The highest BCUT2D eigenvalue weighted by Crippen LogP contribution is 2.30. The van der Waals surface area contributed by atoms with E-state index in [0.717, 1.165) is 48.7 Å². The van der Waals surface area contributed by atoms with Crippen molar-refractivity contribution in [2.75, 3.05) is 36.0 Å². The van der Waals surface area contributed by atoms with Crippen molar-refractivity contribution in [2.45, 2.75) is 6.92 Å². The first-order valence-corrected chi connectivity index (χ1v) is 9.34. The van der Waals surface area contributed by atoms with E-state index in [-0.39, 0.29) is 5.78 Å². The van der Waals surface area contributed by atoms with Gasteiger partial charge in [-0.05, 0) is 37.3 Å². The van der Waals surface area contributed by atoms with Gasteiger partial charge in [0.1, 0.15) is 0 Å². The lowest BCUT2D eigenvalue weighted by atomic mass is 10.0. The second-order valence-electron chi connectivity index (χ2n) is 6.82. The summed E-state index contributed by atoms with van der Waals surface area (Å²) in [5.74, 6) is 0.0748. The molecular formula is C23H23N3O. The van der Waals surface area contributed by atoms with Crippen molar-refractivity contribution in [3.05, 3.63) is 78.5 Å². The molecule has 1 aromatic heterocycles. The lowest BCUT2D eigenvalue weighted by Gasteiger charge is -2.38. The van der Waals surface area contributed by atoms with E-state index in [9.17, 15) is 4.79 Å². The third-order valence-corrected chi connectivity index (χ3v) is 5.07. The van der Waals surface area contributed by atoms with E-state index in [2.05, 4.69) is 51.2 Å². The predicted octanol–water partition coefficient (Wildman–Crippen LogP) is 4.28. The summed E-state index contributed by atoms with van der Waals surface area (Å²) in [6, 6.07) is 22.4. The molecule has 0 spiro atoms. The Morgan fingerprint density at radius 3 is 2.33 bits per heavy atom. The Hall–Kier alpha value is -3.14.